The fraction of sp³-hybridized carbons (Fsp3) is 0.278. The Bertz CT molecular complexity index is 652. The van der Waals surface area contributed by atoms with Gasteiger partial charge in [0.05, 0.1) is 13.7 Å². The third-order valence-electron chi connectivity index (χ3n) is 3.61. The minimum absolute atomic E-state index is 0.407. The van der Waals surface area contributed by atoms with E-state index in [-0.39, 0.29) is 0 Å². The molecule has 2 aromatic rings. The molecule has 3 N–H and O–H groups in total. The molecule has 22 heavy (non-hydrogen) atoms. The molecule has 0 unspecified atom stereocenters. The van der Waals surface area contributed by atoms with Crippen LogP contribution in [0.2, 0.25) is 0 Å². The second-order valence-corrected chi connectivity index (χ2v) is 5.43. The normalized spacial score (nSPS) is 11.4. The maximum Gasteiger partial charge on any atom is 0.193 e. The van der Waals surface area contributed by atoms with E-state index in [0.29, 0.717) is 12.5 Å². The molecule has 0 aliphatic heterocycles. The van der Waals surface area contributed by atoms with E-state index in [9.17, 15) is 0 Å². The third-order valence-corrected chi connectivity index (χ3v) is 3.61. The van der Waals surface area contributed by atoms with E-state index >= 15 is 0 Å². The molecule has 0 aromatic heterocycles. The van der Waals surface area contributed by atoms with Gasteiger partial charge >= 0.3 is 0 Å². The Hall–Kier alpha value is -2.49. The Balaban J connectivity index is 2.06. The van der Waals surface area contributed by atoms with Crippen LogP contribution in [0.4, 0.5) is 5.69 Å². The highest BCUT2D eigenvalue weighted by molar-refractivity contribution is 5.92. The quantitative estimate of drug-likeness (QED) is 0.670. The summed E-state index contributed by atoms with van der Waals surface area (Å²) in [5.74, 6) is 1.22. The summed E-state index contributed by atoms with van der Waals surface area (Å²) in [4.78, 5) is 4.44. The molecule has 0 atom stereocenters. The number of nitrogens with zero attached hydrogens (tertiary/aromatic N) is 1. The summed E-state index contributed by atoms with van der Waals surface area (Å²) in [7, 11) is 1.64. The number of rotatable bonds is 4. The van der Waals surface area contributed by atoms with Gasteiger partial charge in [0.1, 0.15) is 5.75 Å². The zero-order chi connectivity index (χ0) is 16.1. The first kappa shape index (κ1) is 15.9. The summed E-state index contributed by atoms with van der Waals surface area (Å²) >= 11 is 0. The van der Waals surface area contributed by atoms with Crippen molar-refractivity contribution in [2.24, 2.45) is 10.7 Å². The van der Waals surface area contributed by atoms with Crippen molar-refractivity contribution in [3.63, 3.8) is 0 Å². The van der Waals surface area contributed by atoms with Crippen LogP contribution in [0.15, 0.2) is 41.4 Å². The van der Waals surface area contributed by atoms with E-state index in [4.69, 9.17) is 10.5 Å². The summed E-state index contributed by atoms with van der Waals surface area (Å²) < 4.78 is 5.13. The number of anilines is 1. The van der Waals surface area contributed by atoms with Gasteiger partial charge in [-0.2, -0.15) is 0 Å². The fourth-order valence-corrected chi connectivity index (χ4v) is 2.49. The molecule has 0 heterocycles. The Morgan fingerprint density at radius 2 is 1.68 bits per heavy atom. The first-order valence-electron chi connectivity index (χ1n) is 7.27. The van der Waals surface area contributed by atoms with Gasteiger partial charge in [0.15, 0.2) is 5.96 Å². The Morgan fingerprint density at radius 1 is 1.09 bits per heavy atom. The Kier molecular flexibility index (Phi) is 5.04. The standard InChI is InChI=1S/C18H23N3O/c1-12-9-13(2)17(14(3)10-12)11-20-18(19)21-15-5-7-16(22-4)8-6-15/h5-10H,11H2,1-4H3,(H3,19,20,21). The first-order chi connectivity index (χ1) is 10.5. The van der Waals surface area contributed by atoms with E-state index in [1.54, 1.807) is 7.11 Å². The van der Waals surface area contributed by atoms with Crippen LogP contribution in [-0.2, 0) is 6.54 Å². The van der Waals surface area contributed by atoms with Crippen molar-refractivity contribution < 1.29 is 4.74 Å². The van der Waals surface area contributed by atoms with Crippen LogP contribution in [0.1, 0.15) is 22.3 Å². The van der Waals surface area contributed by atoms with Crippen molar-refractivity contribution in [1.82, 2.24) is 0 Å². The number of guanidine groups is 1. The number of aliphatic imine (C=N–C) groups is 1. The summed E-state index contributed by atoms with van der Waals surface area (Å²) in [6, 6.07) is 11.9. The van der Waals surface area contributed by atoms with Gasteiger partial charge in [0, 0.05) is 5.69 Å². The lowest BCUT2D eigenvalue weighted by molar-refractivity contribution is 0.415. The molecular weight excluding hydrogens is 274 g/mol. The number of ether oxygens (including phenoxy) is 1. The summed E-state index contributed by atoms with van der Waals surface area (Å²) in [6.45, 7) is 6.90. The number of hydrogen-bond acceptors (Lipinski definition) is 2. The van der Waals surface area contributed by atoms with Gasteiger partial charge in [0.2, 0.25) is 0 Å². The number of nitrogens with one attached hydrogen (secondary N) is 1. The van der Waals surface area contributed by atoms with Crippen molar-refractivity contribution in [3.8, 4) is 5.75 Å². The molecule has 0 aliphatic rings. The molecule has 0 fully saturated rings. The second-order valence-electron chi connectivity index (χ2n) is 5.43. The second kappa shape index (κ2) is 6.98. The molecule has 4 heteroatoms. The van der Waals surface area contributed by atoms with Gasteiger partial charge in [-0.05, 0) is 61.7 Å². The van der Waals surface area contributed by atoms with E-state index < -0.39 is 0 Å². The van der Waals surface area contributed by atoms with Crippen molar-refractivity contribution in [2.75, 3.05) is 12.4 Å². The van der Waals surface area contributed by atoms with Gasteiger partial charge < -0.3 is 15.8 Å². The first-order valence-corrected chi connectivity index (χ1v) is 7.27. The maximum absolute atomic E-state index is 5.96. The zero-order valence-electron chi connectivity index (χ0n) is 13.6. The molecule has 0 aliphatic carbocycles. The molecule has 0 spiro atoms. The minimum atomic E-state index is 0.407. The summed E-state index contributed by atoms with van der Waals surface area (Å²) in [5, 5.41) is 3.09. The van der Waals surface area contributed by atoms with Gasteiger partial charge in [-0.3, -0.25) is 0 Å². The van der Waals surface area contributed by atoms with Gasteiger partial charge in [-0.1, -0.05) is 17.7 Å². The molecular formula is C18H23N3O. The van der Waals surface area contributed by atoms with Gasteiger partial charge in [0.25, 0.3) is 0 Å². The van der Waals surface area contributed by atoms with Crippen molar-refractivity contribution in [3.05, 3.63) is 58.7 Å². The van der Waals surface area contributed by atoms with Crippen molar-refractivity contribution in [1.29, 1.82) is 0 Å². The highest BCUT2D eigenvalue weighted by atomic mass is 16.5. The lowest BCUT2D eigenvalue weighted by Crippen LogP contribution is -2.22. The SMILES string of the molecule is COc1ccc(NC(N)=NCc2c(C)cc(C)cc2C)cc1. The molecule has 0 amide bonds. The number of benzene rings is 2. The van der Waals surface area contributed by atoms with Crippen LogP contribution in [0.3, 0.4) is 0 Å². The van der Waals surface area contributed by atoms with Gasteiger partial charge in [-0.25, -0.2) is 4.99 Å². The number of hydrogen-bond donors (Lipinski definition) is 2. The predicted octanol–water partition coefficient (Wildman–Crippen LogP) is 3.55. The van der Waals surface area contributed by atoms with Crippen molar-refractivity contribution in [2.45, 2.75) is 27.3 Å². The topological polar surface area (TPSA) is 59.6 Å². The fourth-order valence-electron chi connectivity index (χ4n) is 2.49. The summed E-state index contributed by atoms with van der Waals surface area (Å²) in [6.07, 6.45) is 0. The molecule has 0 radical (unpaired) electrons. The molecule has 0 bridgehead atoms. The number of nitrogens with two attached hydrogens (primary N) is 1. The predicted molar refractivity (Wildman–Crippen MR) is 92.6 cm³/mol. The third kappa shape index (κ3) is 4.01. The average molecular weight is 297 g/mol. The molecule has 4 nitrogen and oxygen atoms in total. The van der Waals surface area contributed by atoms with Crippen LogP contribution in [0.5, 0.6) is 5.75 Å². The Morgan fingerprint density at radius 3 is 2.23 bits per heavy atom. The average Bonchev–Trinajstić information content (AvgIpc) is 2.47. The van der Waals surface area contributed by atoms with Gasteiger partial charge in [-0.15, -0.1) is 0 Å². The van der Waals surface area contributed by atoms with Crippen LogP contribution in [0, 0.1) is 20.8 Å². The summed E-state index contributed by atoms with van der Waals surface area (Å²) in [5.41, 5.74) is 11.8. The molecule has 116 valence electrons. The number of methoxy groups -OCH3 is 1. The maximum atomic E-state index is 5.96. The molecule has 2 aromatic carbocycles. The molecule has 2 rings (SSSR count). The lowest BCUT2D eigenvalue weighted by Gasteiger charge is -2.10. The van der Waals surface area contributed by atoms with E-state index in [1.807, 2.05) is 24.3 Å². The minimum Gasteiger partial charge on any atom is -0.497 e. The largest absolute Gasteiger partial charge is 0.497 e. The smallest absolute Gasteiger partial charge is 0.193 e. The number of aryl methyl sites for hydroxylation is 3. The lowest BCUT2D eigenvalue weighted by atomic mass is 10.00. The van der Waals surface area contributed by atoms with E-state index in [2.05, 4.69) is 43.2 Å². The van der Waals surface area contributed by atoms with Crippen molar-refractivity contribution >= 4 is 11.6 Å². The molecule has 0 saturated heterocycles. The molecule has 0 saturated carbocycles. The van der Waals surface area contributed by atoms with Crippen LogP contribution >= 0.6 is 0 Å². The zero-order valence-corrected chi connectivity index (χ0v) is 13.6. The highest BCUT2D eigenvalue weighted by Gasteiger charge is 2.03. The monoisotopic (exact) mass is 297 g/mol. The highest BCUT2D eigenvalue weighted by Crippen LogP contribution is 2.18. The Labute approximate surface area is 132 Å². The van der Waals surface area contributed by atoms with Crippen LogP contribution in [-0.4, -0.2) is 13.1 Å². The van der Waals surface area contributed by atoms with E-state index in [0.717, 1.165) is 11.4 Å². The van der Waals surface area contributed by atoms with Crippen LogP contribution < -0.4 is 15.8 Å². The van der Waals surface area contributed by atoms with E-state index in [1.165, 1.54) is 22.3 Å². The van der Waals surface area contributed by atoms with Crippen LogP contribution in [0.25, 0.3) is 0 Å².